The van der Waals surface area contributed by atoms with E-state index >= 15 is 0 Å². The van der Waals surface area contributed by atoms with Gasteiger partial charge >= 0.3 is 0 Å². The molecule has 0 unspecified atom stereocenters. The summed E-state index contributed by atoms with van der Waals surface area (Å²) in [5, 5.41) is 0. The monoisotopic (exact) mass is 289 g/mol. The molecular weight excluding hydrogens is 275 g/mol. The van der Waals surface area contributed by atoms with Gasteiger partial charge in [0.1, 0.15) is 0 Å². The largest absolute Gasteiger partial charge is 0.147 e. The van der Waals surface area contributed by atoms with E-state index in [1.54, 1.807) is 0 Å². The molecule has 0 nitrogen and oxygen atoms in total. The number of hydrogen-bond acceptors (Lipinski definition) is 0. The molecule has 18 heavy (non-hydrogen) atoms. The van der Waals surface area contributed by atoms with Crippen LogP contribution in [0.3, 0.4) is 0 Å². The number of rotatable bonds is 2. The zero-order valence-electron chi connectivity index (χ0n) is 10.0. The third-order valence-corrected chi connectivity index (χ3v) is 3.07. The predicted molar refractivity (Wildman–Crippen MR) is 76.0 cm³/mol. The molecule has 0 atom stereocenters. The quantitative estimate of drug-likeness (QED) is 0.552. The molecule has 0 aliphatic heterocycles. The van der Waals surface area contributed by atoms with Crippen LogP contribution in [-0.4, -0.2) is 0 Å². The summed E-state index contributed by atoms with van der Waals surface area (Å²) in [5.41, 5.74) is 5.38. The van der Waals surface area contributed by atoms with Crippen molar-refractivity contribution in [2.45, 2.75) is 12.8 Å². The Labute approximate surface area is 129 Å². The van der Waals surface area contributed by atoms with Gasteiger partial charge in [0.25, 0.3) is 0 Å². The minimum Gasteiger partial charge on any atom is -0.147 e. The summed E-state index contributed by atoms with van der Waals surface area (Å²) >= 11 is 0. The van der Waals surface area contributed by atoms with E-state index in [1.165, 1.54) is 22.3 Å². The fourth-order valence-corrected chi connectivity index (χ4v) is 2.25. The Morgan fingerprint density at radius 2 is 1.61 bits per heavy atom. The molecular formula is C16H14ClTi-. The van der Waals surface area contributed by atoms with Crippen LogP contribution in [0.25, 0.3) is 11.1 Å². The number of halogens is 1. The summed E-state index contributed by atoms with van der Waals surface area (Å²) in [5.74, 6) is 0. The Hall–Kier alpha value is -0.816. The molecule has 0 saturated carbocycles. The maximum absolute atomic E-state index is 3.38. The molecule has 90 valence electrons. The molecule has 0 heterocycles. The van der Waals surface area contributed by atoms with Crippen LogP contribution in [0.4, 0.5) is 0 Å². The first kappa shape index (κ1) is 15.2. The maximum atomic E-state index is 3.38. The standard InChI is InChI=1S/C16H13.ClH.Ti/c1-2-8-13(7-1)15-11-5-6-12-16(15)14-9-3-4-10-14;;/h1-7,9,11H,8,10H2;1H;/q-1;;. The molecule has 0 radical (unpaired) electrons. The molecule has 0 aromatic heterocycles. The van der Waals surface area contributed by atoms with E-state index in [1.807, 2.05) is 6.07 Å². The molecule has 0 N–H and O–H groups in total. The van der Waals surface area contributed by atoms with Gasteiger partial charge in [-0.15, -0.1) is 59.4 Å². The summed E-state index contributed by atoms with van der Waals surface area (Å²) in [6, 6.07) is 9.65. The van der Waals surface area contributed by atoms with Crippen molar-refractivity contribution in [2.75, 3.05) is 0 Å². The third-order valence-electron chi connectivity index (χ3n) is 3.07. The smallest absolute Gasteiger partial charge is 0 e. The summed E-state index contributed by atoms with van der Waals surface area (Å²) in [4.78, 5) is 0. The third kappa shape index (κ3) is 2.95. The molecule has 0 amide bonds. The second-order valence-corrected chi connectivity index (χ2v) is 4.11. The first-order valence-electron chi connectivity index (χ1n) is 5.68. The maximum Gasteiger partial charge on any atom is 0 e. The zero-order valence-corrected chi connectivity index (χ0v) is 12.4. The summed E-state index contributed by atoms with van der Waals surface area (Å²) in [7, 11) is 0. The Morgan fingerprint density at radius 1 is 0.944 bits per heavy atom. The molecule has 3 rings (SSSR count). The van der Waals surface area contributed by atoms with Gasteiger partial charge in [-0.05, 0) is 12.8 Å². The fourth-order valence-electron chi connectivity index (χ4n) is 2.25. The molecule has 0 spiro atoms. The van der Waals surface area contributed by atoms with Crippen molar-refractivity contribution in [3.63, 3.8) is 0 Å². The van der Waals surface area contributed by atoms with E-state index in [-0.39, 0.29) is 34.1 Å². The molecule has 0 fully saturated rings. The molecule has 1 aromatic carbocycles. The van der Waals surface area contributed by atoms with Crippen LogP contribution in [0.1, 0.15) is 24.0 Å². The van der Waals surface area contributed by atoms with Crippen molar-refractivity contribution in [1.29, 1.82) is 0 Å². The second-order valence-electron chi connectivity index (χ2n) is 4.11. The molecule has 1 aromatic rings. The number of benzene rings is 1. The van der Waals surface area contributed by atoms with Crippen LogP contribution >= 0.6 is 12.4 Å². The van der Waals surface area contributed by atoms with Crippen molar-refractivity contribution in [1.82, 2.24) is 0 Å². The topological polar surface area (TPSA) is 0 Å². The van der Waals surface area contributed by atoms with E-state index in [4.69, 9.17) is 0 Å². The van der Waals surface area contributed by atoms with E-state index in [9.17, 15) is 0 Å². The SMILES string of the molecule is Cl.[Ti].[c-]1cccc(C2=CC=CC2)c1C1=CC=CC1. The van der Waals surface area contributed by atoms with Crippen LogP contribution in [-0.2, 0) is 21.7 Å². The molecule has 2 aliphatic carbocycles. The van der Waals surface area contributed by atoms with Gasteiger partial charge in [-0.1, -0.05) is 36.0 Å². The minimum absolute atomic E-state index is 0. The Bertz CT molecular complexity index is 487. The van der Waals surface area contributed by atoms with Crippen molar-refractivity contribution in [3.8, 4) is 0 Å². The number of hydrogen-bond donors (Lipinski definition) is 0. The van der Waals surface area contributed by atoms with E-state index in [0.717, 1.165) is 12.8 Å². The molecule has 2 aliphatic rings. The molecule has 2 heteroatoms. The minimum atomic E-state index is 0. The van der Waals surface area contributed by atoms with Crippen LogP contribution in [0.15, 0.2) is 54.7 Å². The van der Waals surface area contributed by atoms with Crippen LogP contribution < -0.4 is 0 Å². The van der Waals surface area contributed by atoms with E-state index in [0.29, 0.717) is 0 Å². The Kier molecular flexibility index (Phi) is 5.88. The average molecular weight is 290 g/mol. The normalized spacial score (nSPS) is 15.8. The summed E-state index contributed by atoms with van der Waals surface area (Å²) in [6.45, 7) is 0. The molecule has 0 saturated heterocycles. The number of allylic oxidation sites excluding steroid dienone is 8. The fraction of sp³-hybridized carbons (Fsp3) is 0.125. The van der Waals surface area contributed by atoms with Gasteiger partial charge in [-0.2, -0.15) is 0 Å². The van der Waals surface area contributed by atoms with E-state index < -0.39 is 0 Å². The zero-order chi connectivity index (χ0) is 10.8. The van der Waals surface area contributed by atoms with Crippen molar-refractivity contribution in [2.24, 2.45) is 0 Å². The van der Waals surface area contributed by atoms with Gasteiger partial charge in [-0.3, -0.25) is 0 Å². The first-order chi connectivity index (χ1) is 7.95. The first-order valence-corrected chi connectivity index (χ1v) is 5.68. The predicted octanol–water partition coefficient (Wildman–Crippen LogP) is 4.59. The van der Waals surface area contributed by atoms with Gasteiger partial charge in [0.05, 0.1) is 0 Å². The summed E-state index contributed by atoms with van der Waals surface area (Å²) < 4.78 is 0. The van der Waals surface area contributed by atoms with Gasteiger partial charge in [-0.25, -0.2) is 0 Å². The second kappa shape index (κ2) is 6.94. The average Bonchev–Trinajstić information content (AvgIpc) is 3.03. The van der Waals surface area contributed by atoms with Crippen LogP contribution in [0.5, 0.6) is 0 Å². The van der Waals surface area contributed by atoms with Crippen molar-refractivity contribution >= 4 is 23.6 Å². The molecule has 0 bridgehead atoms. The Balaban J connectivity index is 0.000000810. The van der Waals surface area contributed by atoms with Gasteiger partial charge in [0, 0.05) is 21.7 Å². The van der Waals surface area contributed by atoms with Crippen molar-refractivity contribution < 1.29 is 21.7 Å². The van der Waals surface area contributed by atoms with Crippen LogP contribution in [0, 0.1) is 6.07 Å². The van der Waals surface area contributed by atoms with Gasteiger partial charge in [0.2, 0.25) is 0 Å². The van der Waals surface area contributed by atoms with E-state index in [2.05, 4.69) is 54.7 Å². The van der Waals surface area contributed by atoms with Crippen LogP contribution in [0.2, 0.25) is 0 Å². The van der Waals surface area contributed by atoms with Gasteiger partial charge < -0.3 is 0 Å². The van der Waals surface area contributed by atoms with Gasteiger partial charge in [0.15, 0.2) is 0 Å². The van der Waals surface area contributed by atoms with Crippen molar-refractivity contribution in [3.05, 3.63) is 71.8 Å². The summed E-state index contributed by atoms with van der Waals surface area (Å²) in [6.07, 6.45) is 15.1. The Morgan fingerprint density at radius 3 is 2.22 bits per heavy atom.